The second-order valence-electron chi connectivity index (χ2n) is 4.82. The third kappa shape index (κ3) is 5.64. The van der Waals surface area contributed by atoms with Crippen LogP contribution in [0.1, 0.15) is 65.2 Å². The summed E-state index contributed by atoms with van der Waals surface area (Å²) in [7, 11) is 0. The Morgan fingerprint density at radius 2 is 1.43 bits per heavy atom. The van der Waals surface area contributed by atoms with E-state index in [1.165, 1.54) is 64.5 Å². The molecule has 0 N–H and O–H groups in total. The lowest BCUT2D eigenvalue weighted by Gasteiger charge is -2.02. The Morgan fingerprint density at radius 3 is 1.93 bits per heavy atom. The molecule has 1 aliphatic rings. The van der Waals surface area contributed by atoms with E-state index in [0.717, 1.165) is 6.04 Å². The molecule has 0 saturated carbocycles. The van der Waals surface area contributed by atoms with Crippen molar-refractivity contribution >= 4 is 0 Å². The fourth-order valence-corrected chi connectivity index (χ4v) is 2.05. The van der Waals surface area contributed by atoms with Crippen LogP contribution in [0, 0.1) is 0 Å². The first-order chi connectivity index (χ1) is 6.84. The minimum Gasteiger partial charge on any atom is -0.298 e. The lowest BCUT2D eigenvalue weighted by Crippen LogP contribution is -2.01. The Morgan fingerprint density at radius 1 is 0.929 bits per heavy atom. The summed E-state index contributed by atoms with van der Waals surface area (Å²) in [5, 5.41) is 0. The van der Waals surface area contributed by atoms with E-state index in [1.807, 2.05) is 0 Å². The monoisotopic (exact) mass is 197 g/mol. The molecule has 1 fully saturated rings. The van der Waals surface area contributed by atoms with E-state index in [4.69, 9.17) is 0 Å². The molecule has 2 atom stereocenters. The molecule has 0 aromatic rings. The van der Waals surface area contributed by atoms with E-state index in [1.54, 1.807) is 0 Å². The summed E-state index contributed by atoms with van der Waals surface area (Å²) in [6.07, 6.45) is 11.5. The maximum absolute atomic E-state index is 2.57. The Kier molecular flexibility index (Phi) is 6.25. The van der Waals surface area contributed by atoms with E-state index < -0.39 is 0 Å². The topological polar surface area (TPSA) is 3.01 Å². The highest BCUT2D eigenvalue weighted by molar-refractivity contribution is 4.83. The fraction of sp³-hybridized carbons (Fsp3) is 1.00. The van der Waals surface area contributed by atoms with E-state index in [0.29, 0.717) is 0 Å². The van der Waals surface area contributed by atoms with Gasteiger partial charge in [-0.3, -0.25) is 4.90 Å². The second-order valence-corrected chi connectivity index (χ2v) is 4.82. The van der Waals surface area contributed by atoms with Crippen LogP contribution < -0.4 is 0 Å². The maximum atomic E-state index is 2.57. The van der Waals surface area contributed by atoms with Gasteiger partial charge >= 0.3 is 0 Å². The van der Waals surface area contributed by atoms with Gasteiger partial charge < -0.3 is 0 Å². The van der Waals surface area contributed by atoms with Gasteiger partial charge in [-0.05, 0) is 19.9 Å². The van der Waals surface area contributed by atoms with Gasteiger partial charge in [0, 0.05) is 12.6 Å². The zero-order valence-electron chi connectivity index (χ0n) is 10.1. The number of hydrogen-bond acceptors (Lipinski definition) is 1. The molecule has 14 heavy (non-hydrogen) atoms. The number of hydrogen-bond donors (Lipinski definition) is 0. The smallest absolute Gasteiger partial charge is 0.0195 e. The van der Waals surface area contributed by atoms with Crippen molar-refractivity contribution in [2.75, 3.05) is 13.1 Å². The summed E-state index contributed by atoms with van der Waals surface area (Å²) >= 11 is 0. The SMILES string of the molecule is CCCCCCCCCCN1CC1C. The van der Waals surface area contributed by atoms with Crippen molar-refractivity contribution in [3.8, 4) is 0 Å². The quantitative estimate of drug-likeness (QED) is 0.401. The third-order valence-electron chi connectivity index (χ3n) is 3.29. The van der Waals surface area contributed by atoms with Crippen LogP contribution >= 0.6 is 0 Å². The molecule has 0 amide bonds. The van der Waals surface area contributed by atoms with Gasteiger partial charge in [0.2, 0.25) is 0 Å². The van der Waals surface area contributed by atoms with Crippen molar-refractivity contribution < 1.29 is 0 Å². The minimum atomic E-state index is 0.902. The number of unbranched alkanes of at least 4 members (excludes halogenated alkanes) is 7. The van der Waals surface area contributed by atoms with Crippen molar-refractivity contribution in [2.45, 2.75) is 71.3 Å². The van der Waals surface area contributed by atoms with E-state index in [-0.39, 0.29) is 0 Å². The molecule has 1 heteroatoms. The zero-order chi connectivity index (χ0) is 10.2. The molecule has 0 aromatic heterocycles. The van der Waals surface area contributed by atoms with Crippen molar-refractivity contribution in [3.05, 3.63) is 0 Å². The molecule has 0 aromatic carbocycles. The minimum absolute atomic E-state index is 0.902. The Balaban J connectivity index is 1.68. The molecular formula is C13H27N. The Labute approximate surface area is 89.9 Å². The van der Waals surface area contributed by atoms with E-state index in [2.05, 4.69) is 18.7 Å². The van der Waals surface area contributed by atoms with Crippen LogP contribution in [0.4, 0.5) is 0 Å². The van der Waals surface area contributed by atoms with Crippen LogP contribution in [-0.2, 0) is 0 Å². The highest BCUT2D eigenvalue weighted by Crippen LogP contribution is 2.17. The van der Waals surface area contributed by atoms with Gasteiger partial charge in [0.15, 0.2) is 0 Å². The first-order valence-electron chi connectivity index (χ1n) is 6.58. The molecule has 0 radical (unpaired) electrons. The van der Waals surface area contributed by atoms with Gasteiger partial charge in [-0.15, -0.1) is 0 Å². The molecule has 0 bridgehead atoms. The molecule has 2 unspecified atom stereocenters. The normalized spacial score (nSPS) is 25.3. The molecule has 1 nitrogen and oxygen atoms in total. The molecule has 84 valence electrons. The predicted octanol–water partition coefficient (Wildman–Crippen LogP) is 3.83. The van der Waals surface area contributed by atoms with Gasteiger partial charge in [-0.1, -0.05) is 51.9 Å². The largest absolute Gasteiger partial charge is 0.298 e. The summed E-state index contributed by atoms with van der Waals surface area (Å²) in [5.41, 5.74) is 0. The summed E-state index contributed by atoms with van der Waals surface area (Å²) in [6, 6.07) is 0.902. The molecule has 1 rings (SSSR count). The average molecular weight is 197 g/mol. The zero-order valence-corrected chi connectivity index (χ0v) is 10.1. The van der Waals surface area contributed by atoms with Gasteiger partial charge in [0.1, 0.15) is 0 Å². The van der Waals surface area contributed by atoms with Crippen LogP contribution in [-0.4, -0.2) is 24.0 Å². The number of nitrogens with zero attached hydrogens (tertiary/aromatic N) is 1. The third-order valence-corrected chi connectivity index (χ3v) is 3.29. The fourth-order valence-electron chi connectivity index (χ4n) is 2.05. The summed E-state index contributed by atoms with van der Waals surface area (Å²) < 4.78 is 0. The second kappa shape index (κ2) is 7.28. The van der Waals surface area contributed by atoms with E-state index >= 15 is 0 Å². The van der Waals surface area contributed by atoms with Crippen molar-refractivity contribution in [1.29, 1.82) is 0 Å². The van der Waals surface area contributed by atoms with Crippen molar-refractivity contribution in [1.82, 2.24) is 4.90 Å². The maximum Gasteiger partial charge on any atom is 0.0195 e. The first-order valence-corrected chi connectivity index (χ1v) is 6.58. The van der Waals surface area contributed by atoms with Gasteiger partial charge in [-0.2, -0.15) is 0 Å². The lowest BCUT2D eigenvalue weighted by molar-refractivity contribution is 0.474. The first kappa shape index (κ1) is 12.0. The molecule has 1 saturated heterocycles. The van der Waals surface area contributed by atoms with Crippen LogP contribution in [0.5, 0.6) is 0 Å². The van der Waals surface area contributed by atoms with E-state index in [9.17, 15) is 0 Å². The highest BCUT2D eigenvalue weighted by atomic mass is 15.3. The van der Waals surface area contributed by atoms with Crippen LogP contribution in [0.2, 0.25) is 0 Å². The highest BCUT2D eigenvalue weighted by Gasteiger charge is 2.27. The average Bonchev–Trinajstić information content (AvgIpc) is 2.87. The molecule has 0 aliphatic carbocycles. The van der Waals surface area contributed by atoms with Crippen LogP contribution in [0.25, 0.3) is 0 Å². The Bertz CT molecular complexity index is 133. The molecule has 1 heterocycles. The van der Waals surface area contributed by atoms with Crippen molar-refractivity contribution in [3.63, 3.8) is 0 Å². The molecule has 0 spiro atoms. The standard InChI is InChI=1S/C13H27N/c1-3-4-5-6-7-8-9-10-11-14-12-13(14)2/h13H,3-12H2,1-2H3. The number of rotatable bonds is 9. The predicted molar refractivity (Wildman–Crippen MR) is 63.6 cm³/mol. The van der Waals surface area contributed by atoms with Crippen LogP contribution in [0.3, 0.4) is 0 Å². The van der Waals surface area contributed by atoms with Gasteiger partial charge in [0.25, 0.3) is 0 Å². The Hall–Kier alpha value is -0.0400. The summed E-state index contributed by atoms with van der Waals surface area (Å²) in [6.45, 7) is 7.32. The lowest BCUT2D eigenvalue weighted by atomic mass is 10.1. The summed E-state index contributed by atoms with van der Waals surface area (Å²) in [5.74, 6) is 0. The van der Waals surface area contributed by atoms with Crippen molar-refractivity contribution in [2.24, 2.45) is 0 Å². The molecular weight excluding hydrogens is 170 g/mol. The van der Waals surface area contributed by atoms with Gasteiger partial charge in [-0.25, -0.2) is 0 Å². The summed E-state index contributed by atoms with van der Waals surface area (Å²) in [4.78, 5) is 2.57. The van der Waals surface area contributed by atoms with Crippen LogP contribution in [0.15, 0.2) is 0 Å². The van der Waals surface area contributed by atoms with Gasteiger partial charge in [0.05, 0.1) is 0 Å². The molecule has 1 aliphatic heterocycles.